The van der Waals surface area contributed by atoms with Gasteiger partial charge in [-0.05, 0) is 42.7 Å². The van der Waals surface area contributed by atoms with Crippen LogP contribution in [0.2, 0.25) is 0 Å². The summed E-state index contributed by atoms with van der Waals surface area (Å²) in [5, 5.41) is 15.5. The van der Waals surface area contributed by atoms with Crippen molar-refractivity contribution >= 4 is 11.6 Å². The molecular weight excluding hydrogens is 288 g/mol. The molecule has 0 saturated heterocycles. The van der Waals surface area contributed by atoms with Crippen molar-refractivity contribution in [2.45, 2.75) is 32.9 Å². The number of aliphatic hydroxyl groups excluding tert-OH is 1. The van der Waals surface area contributed by atoms with E-state index in [-0.39, 0.29) is 18.6 Å². The van der Waals surface area contributed by atoms with Crippen LogP contribution in [0.3, 0.4) is 0 Å². The third kappa shape index (κ3) is 4.83. The summed E-state index contributed by atoms with van der Waals surface area (Å²) in [4.78, 5) is 12.0. The third-order valence-corrected chi connectivity index (χ3v) is 3.68. The molecule has 0 fully saturated rings. The molecule has 4 nitrogen and oxygen atoms in total. The Morgan fingerprint density at radius 1 is 1.17 bits per heavy atom. The molecule has 23 heavy (non-hydrogen) atoms. The lowest BCUT2D eigenvalue weighted by atomic mass is 10.0. The molecule has 0 aliphatic rings. The Bertz CT molecular complexity index is 655. The molecule has 0 bridgehead atoms. The monoisotopic (exact) mass is 312 g/mol. The quantitative estimate of drug-likeness (QED) is 0.733. The smallest absolute Gasteiger partial charge is 0.251 e. The second kappa shape index (κ2) is 8.34. The number of amides is 1. The first-order valence-electron chi connectivity index (χ1n) is 7.98. The molecule has 0 radical (unpaired) electrons. The number of aliphatic hydroxyl groups is 1. The zero-order valence-electron chi connectivity index (χ0n) is 13.7. The summed E-state index contributed by atoms with van der Waals surface area (Å²) >= 11 is 0. The summed E-state index contributed by atoms with van der Waals surface area (Å²) in [5.41, 5.74) is 3.54. The van der Waals surface area contributed by atoms with Crippen LogP contribution in [0.1, 0.15) is 47.8 Å². The molecule has 4 heteroatoms. The van der Waals surface area contributed by atoms with Crippen LogP contribution in [0, 0.1) is 0 Å². The van der Waals surface area contributed by atoms with Gasteiger partial charge in [0.05, 0.1) is 6.61 Å². The minimum absolute atomic E-state index is 0.0354. The molecule has 1 amide bonds. The normalized spacial score (nSPS) is 11.8. The van der Waals surface area contributed by atoms with E-state index in [9.17, 15) is 9.90 Å². The first-order valence-corrected chi connectivity index (χ1v) is 7.98. The first-order chi connectivity index (χ1) is 11.1. The van der Waals surface area contributed by atoms with E-state index < -0.39 is 0 Å². The van der Waals surface area contributed by atoms with Gasteiger partial charge in [0.2, 0.25) is 0 Å². The largest absolute Gasteiger partial charge is 0.392 e. The molecule has 2 aromatic rings. The Balaban J connectivity index is 2.08. The molecule has 0 aliphatic carbocycles. The van der Waals surface area contributed by atoms with Crippen LogP contribution in [-0.4, -0.2) is 17.6 Å². The standard InChI is InChI=1S/C19H24N2O2/c1-3-10-20-19(23)17-8-5-9-18(12-17)21-14(2)16-7-4-6-15(11-16)13-22/h4-9,11-12,14,21-22H,3,10,13H2,1-2H3,(H,20,23). The lowest BCUT2D eigenvalue weighted by molar-refractivity contribution is 0.0953. The van der Waals surface area contributed by atoms with Crippen LogP contribution >= 0.6 is 0 Å². The predicted molar refractivity (Wildman–Crippen MR) is 93.5 cm³/mol. The molecule has 3 N–H and O–H groups in total. The molecule has 0 saturated carbocycles. The Hall–Kier alpha value is -2.33. The van der Waals surface area contributed by atoms with Crippen molar-refractivity contribution in [1.82, 2.24) is 5.32 Å². The Morgan fingerprint density at radius 3 is 2.70 bits per heavy atom. The van der Waals surface area contributed by atoms with Gasteiger partial charge in [-0.2, -0.15) is 0 Å². The van der Waals surface area contributed by atoms with Crippen molar-refractivity contribution in [3.63, 3.8) is 0 Å². The number of benzene rings is 2. The molecule has 1 unspecified atom stereocenters. The summed E-state index contributed by atoms with van der Waals surface area (Å²) in [7, 11) is 0. The Labute approximate surface area is 137 Å². The fourth-order valence-corrected chi connectivity index (χ4v) is 2.38. The second-order valence-electron chi connectivity index (χ2n) is 5.61. The summed E-state index contributed by atoms with van der Waals surface area (Å²) in [6.07, 6.45) is 0.919. The first kappa shape index (κ1) is 17.0. The van der Waals surface area contributed by atoms with Crippen LogP contribution in [0.15, 0.2) is 48.5 Å². The van der Waals surface area contributed by atoms with Crippen LogP contribution in [0.5, 0.6) is 0 Å². The summed E-state index contributed by atoms with van der Waals surface area (Å²) in [6.45, 7) is 4.80. The molecule has 0 heterocycles. The maximum absolute atomic E-state index is 12.0. The van der Waals surface area contributed by atoms with E-state index in [2.05, 4.69) is 17.6 Å². The highest BCUT2D eigenvalue weighted by molar-refractivity contribution is 5.95. The predicted octanol–water partition coefficient (Wildman–Crippen LogP) is 3.49. The second-order valence-corrected chi connectivity index (χ2v) is 5.61. The maximum Gasteiger partial charge on any atom is 0.251 e. The number of hydrogen-bond donors (Lipinski definition) is 3. The fourth-order valence-electron chi connectivity index (χ4n) is 2.38. The SMILES string of the molecule is CCCNC(=O)c1cccc(NC(C)c2cccc(CO)c2)c1. The van der Waals surface area contributed by atoms with Crippen LogP contribution in [-0.2, 0) is 6.61 Å². The van der Waals surface area contributed by atoms with Gasteiger partial charge in [-0.25, -0.2) is 0 Å². The van der Waals surface area contributed by atoms with Gasteiger partial charge in [0.15, 0.2) is 0 Å². The molecule has 0 aromatic heterocycles. The molecular formula is C19H24N2O2. The summed E-state index contributed by atoms with van der Waals surface area (Å²) in [5.74, 6) is -0.0505. The summed E-state index contributed by atoms with van der Waals surface area (Å²) < 4.78 is 0. The van der Waals surface area contributed by atoms with Gasteiger partial charge < -0.3 is 15.7 Å². The van der Waals surface area contributed by atoms with E-state index in [1.807, 2.05) is 55.5 Å². The molecule has 2 rings (SSSR count). The Kier molecular flexibility index (Phi) is 6.18. The maximum atomic E-state index is 12.0. The van der Waals surface area contributed by atoms with Crippen LogP contribution in [0.25, 0.3) is 0 Å². The van der Waals surface area contributed by atoms with E-state index in [0.29, 0.717) is 12.1 Å². The van der Waals surface area contributed by atoms with Gasteiger partial charge >= 0.3 is 0 Å². The van der Waals surface area contributed by atoms with Crippen molar-refractivity contribution in [2.24, 2.45) is 0 Å². The molecule has 0 aliphatic heterocycles. The zero-order valence-corrected chi connectivity index (χ0v) is 13.7. The van der Waals surface area contributed by atoms with Crippen molar-refractivity contribution < 1.29 is 9.90 Å². The minimum atomic E-state index is -0.0505. The number of anilines is 1. The van der Waals surface area contributed by atoms with Crippen LogP contribution in [0.4, 0.5) is 5.69 Å². The number of nitrogens with one attached hydrogen (secondary N) is 2. The summed E-state index contributed by atoms with van der Waals surface area (Å²) in [6, 6.07) is 15.4. The average molecular weight is 312 g/mol. The number of carbonyl (C=O) groups excluding carboxylic acids is 1. The number of carbonyl (C=O) groups is 1. The average Bonchev–Trinajstić information content (AvgIpc) is 2.59. The van der Waals surface area contributed by atoms with E-state index >= 15 is 0 Å². The molecule has 1 atom stereocenters. The van der Waals surface area contributed by atoms with E-state index in [1.165, 1.54) is 0 Å². The van der Waals surface area contributed by atoms with Gasteiger partial charge in [-0.3, -0.25) is 4.79 Å². The van der Waals surface area contributed by atoms with Gasteiger partial charge in [-0.1, -0.05) is 37.3 Å². The van der Waals surface area contributed by atoms with E-state index in [4.69, 9.17) is 0 Å². The fraction of sp³-hybridized carbons (Fsp3) is 0.316. The molecule has 0 spiro atoms. The van der Waals surface area contributed by atoms with E-state index in [0.717, 1.165) is 23.2 Å². The lowest BCUT2D eigenvalue weighted by Crippen LogP contribution is -2.24. The molecule has 122 valence electrons. The number of rotatable bonds is 7. The lowest BCUT2D eigenvalue weighted by Gasteiger charge is -2.17. The van der Waals surface area contributed by atoms with Gasteiger partial charge in [0.25, 0.3) is 5.91 Å². The van der Waals surface area contributed by atoms with Crippen molar-refractivity contribution in [3.05, 3.63) is 65.2 Å². The van der Waals surface area contributed by atoms with Crippen molar-refractivity contribution in [2.75, 3.05) is 11.9 Å². The van der Waals surface area contributed by atoms with Crippen molar-refractivity contribution in [1.29, 1.82) is 0 Å². The van der Waals surface area contributed by atoms with Gasteiger partial charge in [0, 0.05) is 23.8 Å². The van der Waals surface area contributed by atoms with Gasteiger partial charge in [0.1, 0.15) is 0 Å². The highest BCUT2D eigenvalue weighted by Gasteiger charge is 2.09. The molecule has 2 aromatic carbocycles. The Morgan fingerprint density at radius 2 is 1.96 bits per heavy atom. The third-order valence-electron chi connectivity index (χ3n) is 3.68. The van der Waals surface area contributed by atoms with Crippen molar-refractivity contribution in [3.8, 4) is 0 Å². The minimum Gasteiger partial charge on any atom is -0.392 e. The topological polar surface area (TPSA) is 61.4 Å². The number of hydrogen-bond acceptors (Lipinski definition) is 3. The zero-order chi connectivity index (χ0) is 16.7. The highest BCUT2D eigenvalue weighted by atomic mass is 16.3. The van der Waals surface area contributed by atoms with Gasteiger partial charge in [-0.15, -0.1) is 0 Å². The highest BCUT2D eigenvalue weighted by Crippen LogP contribution is 2.21. The van der Waals surface area contributed by atoms with E-state index in [1.54, 1.807) is 0 Å². The van der Waals surface area contributed by atoms with Crippen LogP contribution < -0.4 is 10.6 Å².